The van der Waals surface area contributed by atoms with Crippen LogP contribution in [0.2, 0.25) is 0 Å². The van der Waals surface area contributed by atoms with Gasteiger partial charge in [-0.05, 0) is 24.1 Å². The molecule has 0 aromatic heterocycles. The van der Waals surface area contributed by atoms with Crippen molar-refractivity contribution in [2.45, 2.75) is 12.5 Å². The minimum atomic E-state index is -0.614. The number of nitrogens with one attached hydrogen (secondary N) is 2. The van der Waals surface area contributed by atoms with Gasteiger partial charge in [-0.25, -0.2) is 4.79 Å². The minimum Gasteiger partial charge on any atom is -0.493 e. The van der Waals surface area contributed by atoms with E-state index in [1.54, 1.807) is 24.1 Å². The Morgan fingerprint density at radius 3 is 2.32 bits per heavy atom. The zero-order valence-electron chi connectivity index (χ0n) is 16.5. The van der Waals surface area contributed by atoms with E-state index in [9.17, 15) is 9.59 Å². The lowest BCUT2D eigenvalue weighted by atomic mass is 9.95. The molecule has 3 amide bonds. The summed E-state index contributed by atoms with van der Waals surface area (Å²) in [7, 11) is 6.18. The molecule has 0 unspecified atom stereocenters. The molecule has 3 rings (SSSR count). The highest BCUT2D eigenvalue weighted by molar-refractivity contribution is 6.01. The summed E-state index contributed by atoms with van der Waals surface area (Å²) in [5, 5.41) is 5.59. The summed E-state index contributed by atoms with van der Waals surface area (Å²) in [6.45, 7) is 1.49. The number of ether oxygens (including phenoxy) is 4. The lowest BCUT2D eigenvalue weighted by molar-refractivity contribution is -0.125. The number of carbonyl (C=O) groups is 2. The maximum Gasteiger partial charge on any atom is 0.319 e. The second-order valence-corrected chi connectivity index (χ2v) is 6.46. The summed E-state index contributed by atoms with van der Waals surface area (Å²) in [6.07, 6.45) is 0.721. The van der Waals surface area contributed by atoms with E-state index >= 15 is 0 Å². The molecule has 0 saturated carbocycles. The lowest BCUT2D eigenvalue weighted by Crippen LogP contribution is -2.44. The summed E-state index contributed by atoms with van der Waals surface area (Å²) >= 11 is 0. The average molecular weight is 391 g/mol. The van der Waals surface area contributed by atoms with E-state index in [4.69, 9.17) is 18.9 Å². The van der Waals surface area contributed by atoms with Crippen molar-refractivity contribution in [3.8, 4) is 17.2 Å². The molecule has 1 atom stereocenters. The number of nitrogens with zero attached hydrogens (tertiary/aromatic N) is 1. The van der Waals surface area contributed by atoms with Crippen molar-refractivity contribution in [2.24, 2.45) is 0 Å². The maximum atomic E-state index is 13.0. The smallest absolute Gasteiger partial charge is 0.319 e. The Bertz CT molecular complexity index is 782. The van der Waals surface area contributed by atoms with Gasteiger partial charge < -0.3 is 34.5 Å². The van der Waals surface area contributed by atoms with Crippen LogP contribution in [-0.4, -0.2) is 65.0 Å². The summed E-state index contributed by atoms with van der Waals surface area (Å²) in [6, 6.07) is 2.51. The van der Waals surface area contributed by atoms with Crippen molar-refractivity contribution in [3.63, 3.8) is 0 Å². The molecule has 1 aromatic carbocycles. The normalized spacial score (nSPS) is 18.6. The van der Waals surface area contributed by atoms with Gasteiger partial charge in [0.15, 0.2) is 11.5 Å². The SMILES string of the molecule is COCCCN1CC2=C(C1=O)[C@H](c1cc(OC)c(OC)c(OC)c1)NC(=O)N2. The van der Waals surface area contributed by atoms with E-state index in [2.05, 4.69) is 10.6 Å². The third-order valence-electron chi connectivity index (χ3n) is 4.82. The first kappa shape index (κ1) is 19.8. The molecule has 0 aliphatic carbocycles. The Kier molecular flexibility index (Phi) is 5.93. The van der Waals surface area contributed by atoms with Crippen LogP contribution in [0.4, 0.5) is 4.79 Å². The van der Waals surface area contributed by atoms with Crippen LogP contribution in [0.3, 0.4) is 0 Å². The van der Waals surface area contributed by atoms with E-state index in [1.807, 2.05) is 0 Å². The first-order chi connectivity index (χ1) is 13.5. The number of methoxy groups -OCH3 is 4. The number of hydrogen-bond acceptors (Lipinski definition) is 6. The lowest BCUT2D eigenvalue weighted by Gasteiger charge is -2.26. The number of carbonyl (C=O) groups excluding carboxylic acids is 2. The van der Waals surface area contributed by atoms with Gasteiger partial charge in [0.1, 0.15) is 0 Å². The Morgan fingerprint density at radius 1 is 1.07 bits per heavy atom. The molecule has 2 heterocycles. The molecule has 2 aliphatic rings. The topological polar surface area (TPSA) is 98.4 Å². The van der Waals surface area contributed by atoms with Crippen molar-refractivity contribution in [1.29, 1.82) is 0 Å². The standard InChI is InChI=1S/C19H25N3O6/c1-25-7-5-6-22-10-12-15(18(22)23)16(21-19(24)20-12)11-8-13(26-2)17(28-4)14(9-11)27-3/h8-9,16H,5-7,10H2,1-4H3,(H2,20,21,24)/t16-/m0/s1. The van der Waals surface area contributed by atoms with E-state index in [0.717, 1.165) is 6.42 Å². The molecular weight excluding hydrogens is 366 g/mol. The van der Waals surface area contributed by atoms with Crippen LogP contribution in [0.15, 0.2) is 23.4 Å². The second-order valence-electron chi connectivity index (χ2n) is 6.46. The largest absolute Gasteiger partial charge is 0.493 e. The third kappa shape index (κ3) is 3.57. The van der Waals surface area contributed by atoms with Gasteiger partial charge in [-0.2, -0.15) is 0 Å². The summed E-state index contributed by atoms with van der Waals surface area (Å²) in [4.78, 5) is 26.9. The molecule has 9 heteroatoms. The quantitative estimate of drug-likeness (QED) is 0.646. The maximum absolute atomic E-state index is 13.0. The molecule has 28 heavy (non-hydrogen) atoms. The Labute approximate surface area is 163 Å². The Morgan fingerprint density at radius 2 is 1.75 bits per heavy atom. The molecule has 1 aromatic rings. The van der Waals surface area contributed by atoms with Crippen LogP contribution in [0, 0.1) is 0 Å². The van der Waals surface area contributed by atoms with Gasteiger partial charge in [-0.15, -0.1) is 0 Å². The Balaban J connectivity index is 1.96. The van der Waals surface area contributed by atoms with Gasteiger partial charge in [0.25, 0.3) is 5.91 Å². The summed E-state index contributed by atoms with van der Waals surface area (Å²) in [5.41, 5.74) is 1.81. The molecule has 0 fully saturated rings. The van der Waals surface area contributed by atoms with Gasteiger partial charge in [-0.3, -0.25) is 4.79 Å². The van der Waals surface area contributed by atoms with Gasteiger partial charge >= 0.3 is 6.03 Å². The molecule has 2 aliphatic heterocycles. The zero-order valence-corrected chi connectivity index (χ0v) is 16.5. The van der Waals surface area contributed by atoms with Crippen LogP contribution in [0.25, 0.3) is 0 Å². The van der Waals surface area contributed by atoms with Gasteiger partial charge in [0.2, 0.25) is 5.75 Å². The number of urea groups is 1. The molecule has 2 N–H and O–H groups in total. The fourth-order valence-electron chi connectivity index (χ4n) is 3.53. The highest BCUT2D eigenvalue weighted by atomic mass is 16.5. The average Bonchev–Trinajstić information content (AvgIpc) is 3.01. The summed E-state index contributed by atoms with van der Waals surface area (Å²) < 4.78 is 21.2. The molecule has 0 saturated heterocycles. The molecule has 0 spiro atoms. The fourth-order valence-corrected chi connectivity index (χ4v) is 3.53. The highest BCUT2D eigenvalue weighted by Gasteiger charge is 2.40. The van der Waals surface area contributed by atoms with Crippen LogP contribution < -0.4 is 24.8 Å². The molecule has 0 bridgehead atoms. The van der Waals surface area contributed by atoms with Crippen LogP contribution in [0.5, 0.6) is 17.2 Å². The van der Waals surface area contributed by atoms with Crippen LogP contribution in [0.1, 0.15) is 18.0 Å². The van der Waals surface area contributed by atoms with Crippen molar-refractivity contribution in [2.75, 3.05) is 48.1 Å². The van der Waals surface area contributed by atoms with E-state index in [-0.39, 0.29) is 11.9 Å². The monoisotopic (exact) mass is 391 g/mol. The molecular formula is C19H25N3O6. The van der Waals surface area contributed by atoms with Gasteiger partial charge in [0, 0.05) is 20.3 Å². The van der Waals surface area contributed by atoms with Gasteiger partial charge in [-0.1, -0.05) is 0 Å². The predicted molar refractivity (Wildman–Crippen MR) is 101 cm³/mol. The zero-order chi connectivity index (χ0) is 20.3. The van der Waals surface area contributed by atoms with Crippen LogP contribution >= 0.6 is 0 Å². The first-order valence-corrected chi connectivity index (χ1v) is 8.92. The van der Waals surface area contributed by atoms with E-state index in [0.29, 0.717) is 53.8 Å². The predicted octanol–water partition coefficient (Wildman–Crippen LogP) is 1.20. The van der Waals surface area contributed by atoms with Crippen LogP contribution in [-0.2, 0) is 9.53 Å². The van der Waals surface area contributed by atoms with Crippen molar-refractivity contribution in [1.82, 2.24) is 15.5 Å². The third-order valence-corrected chi connectivity index (χ3v) is 4.82. The number of amides is 3. The van der Waals surface area contributed by atoms with E-state index < -0.39 is 6.04 Å². The number of benzene rings is 1. The van der Waals surface area contributed by atoms with Crippen molar-refractivity contribution >= 4 is 11.9 Å². The number of rotatable bonds is 8. The molecule has 152 valence electrons. The van der Waals surface area contributed by atoms with E-state index in [1.165, 1.54) is 21.3 Å². The fraction of sp³-hybridized carbons (Fsp3) is 0.474. The summed E-state index contributed by atoms with van der Waals surface area (Å²) in [5.74, 6) is 1.24. The number of hydrogen-bond donors (Lipinski definition) is 2. The minimum absolute atomic E-state index is 0.114. The Hall–Kier alpha value is -2.94. The molecule has 9 nitrogen and oxygen atoms in total. The first-order valence-electron chi connectivity index (χ1n) is 8.92. The van der Waals surface area contributed by atoms with Crippen molar-refractivity contribution in [3.05, 3.63) is 29.0 Å². The highest BCUT2D eigenvalue weighted by Crippen LogP contribution is 2.42. The van der Waals surface area contributed by atoms with Crippen molar-refractivity contribution < 1.29 is 28.5 Å². The molecule has 0 radical (unpaired) electrons. The van der Waals surface area contributed by atoms with Gasteiger partial charge in [0.05, 0.1) is 45.2 Å². The second kappa shape index (κ2) is 8.39.